The predicted octanol–water partition coefficient (Wildman–Crippen LogP) is 4.38. The zero-order valence-corrected chi connectivity index (χ0v) is 11.9. The lowest BCUT2D eigenvalue weighted by molar-refractivity contribution is -0.385. The van der Waals surface area contributed by atoms with Crippen LogP contribution in [0.4, 0.5) is 11.4 Å². The first-order valence-corrected chi connectivity index (χ1v) is 6.55. The Labute approximate surface area is 118 Å². The third-order valence-electron chi connectivity index (χ3n) is 3.33. The number of aryl methyl sites for hydroxylation is 2. The summed E-state index contributed by atoms with van der Waals surface area (Å²) in [6.07, 6.45) is 0. The molecule has 2 rings (SSSR count). The Morgan fingerprint density at radius 2 is 1.90 bits per heavy atom. The quantitative estimate of drug-likeness (QED) is 0.662. The number of nitro groups is 1. The highest BCUT2D eigenvalue weighted by atomic mass is 16.6. The lowest BCUT2D eigenvalue weighted by Gasteiger charge is -2.16. The average molecular weight is 270 g/mol. The van der Waals surface area contributed by atoms with Gasteiger partial charge in [0.2, 0.25) is 0 Å². The average Bonchev–Trinajstić information content (AvgIpc) is 2.38. The Balaban J connectivity index is 2.23. The van der Waals surface area contributed by atoms with E-state index in [0.717, 1.165) is 11.3 Å². The van der Waals surface area contributed by atoms with Gasteiger partial charge in [0, 0.05) is 23.4 Å². The summed E-state index contributed by atoms with van der Waals surface area (Å²) in [7, 11) is 0. The molecule has 0 spiro atoms. The van der Waals surface area contributed by atoms with Crippen LogP contribution < -0.4 is 5.32 Å². The number of hydrogen-bond donors (Lipinski definition) is 1. The smallest absolute Gasteiger partial charge is 0.272 e. The second kappa shape index (κ2) is 5.74. The van der Waals surface area contributed by atoms with E-state index in [0.29, 0.717) is 5.56 Å². The molecule has 1 N–H and O–H groups in total. The molecule has 0 saturated carbocycles. The SMILES string of the molecule is Cc1cccc(NC(C)c2ccc(C)c([N+](=O)[O-])c2)c1. The Morgan fingerprint density at radius 3 is 2.55 bits per heavy atom. The van der Waals surface area contributed by atoms with Crippen molar-refractivity contribution in [3.63, 3.8) is 0 Å². The highest BCUT2D eigenvalue weighted by Crippen LogP contribution is 2.25. The molecule has 4 heteroatoms. The molecule has 4 nitrogen and oxygen atoms in total. The van der Waals surface area contributed by atoms with Crippen LogP contribution in [0.3, 0.4) is 0 Å². The molecule has 0 aliphatic carbocycles. The van der Waals surface area contributed by atoms with Crippen molar-refractivity contribution in [1.82, 2.24) is 0 Å². The fraction of sp³-hybridized carbons (Fsp3) is 0.250. The van der Waals surface area contributed by atoms with E-state index >= 15 is 0 Å². The topological polar surface area (TPSA) is 55.2 Å². The molecule has 0 aliphatic rings. The third-order valence-corrected chi connectivity index (χ3v) is 3.33. The van der Waals surface area contributed by atoms with Crippen LogP contribution in [0.2, 0.25) is 0 Å². The molecule has 2 aromatic carbocycles. The highest BCUT2D eigenvalue weighted by Gasteiger charge is 2.14. The Hall–Kier alpha value is -2.36. The molecule has 0 aromatic heterocycles. The first-order valence-electron chi connectivity index (χ1n) is 6.55. The van der Waals surface area contributed by atoms with E-state index in [1.807, 2.05) is 38.1 Å². The van der Waals surface area contributed by atoms with Gasteiger partial charge in [0.25, 0.3) is 5.69 Å². The van der Waals surface area contributed by atoms with Crippen LogP contribution in [0.15, 0.2) is 42.5 Å². The minimum atomic E-state index is -0.335. The van der Waals surface area contributed by atoms with Crippen molar-refractivity contribution in [1.29, 1.82) is 0 Å². The van der Waals surface area contributed by atoms with Gasteiger partial charge in [-0.05, 0) is 44.0 Å². The summed E-state index contributed by atoms with van der Waals surface area (Å²) < 4.78 is 0. The molecule has 0 aliphatic heterocycles. The molecule has 0 saturated heterocycles. The third kappa shape index (κ3) is 3.15. The molecule has 0 bridgehead atoms. The van der Waals surface area contributed by atoms with E-state index < -0.39 is 0 Å². The fourth-order valence-electron chi connectivity index (χ4n) is 2.16. The summed E-state index contributed by atoms with van der Waals surface area (Å²) in [6.45, 7) is 5.78. The molecular formula is C16H18N2O2. The van der Waals surface area contributed by atoms with Gasteiger partial charge in [0.05, 0.1) is 4.92 Å². The van der Waals surface area contributed by atoms with Gasteiger partial charge < -0.3 is 5.32 Å². The van der Waals surface area contributed by atoms with Crippen LogP contribution in [0.5, 0.6) is 0 Å². The minimum Gasteiger partial charge on any atom is -0.379 e. The number of hydrogen-bond acceptors (Lipinski definition) is 3. The first kappa shape index (κ1) is 14.1. The molecule has 1 atom stereocenters. The minimum absolute atomic E-state index is 0.0103. The number of nitro benzene ring substituents is 1. The van der Waals surface area contributed by atoms with E-state index in [9.17, 15) is 10.1 Å². The van der Waals surface area contributed by atoms with Gasteiger partial charge >= 0.3 is 0 Å². The van der Waals surface area contributed by atoms with Crippen LogP contribution in [-0.2, 0) is 0 Å². The lowest BCUT2D eigenvalue weighted by Crippen LogP contribution is -2.07. The lowest BCUT2D eigenvalue weighted by atomic mass is 10.0. The Kier molecular flexibility index (Phi) is 4.03. The molecule has 2 aromatic rings. The Bertz CT molecular complexity index is 638. The Morgan fingerprint density at radius 1 is 1.15 bits per heavy atom. The summed E-state index contributed by atoms with van der Waals surface area (Å²) in [4.78, 5) is 10.6. The number of benzene rings is 2. The number of anilines is 1. The van der Waals surface area contributed by atoms with Crippen molar-refractivity contribution < 1.29 is 4.92 Å². The van der Waals surface area contributed by atoms with E-state index in [2.05, 4.69) is 11.4 Å². The maximum Gasteiger partial charge on any atom is 0.272 e. The zero-order chi connectivity index (χ0) is 14.7. The first-order chi connectivity index (χ1) is 9.47. The van der Waals surface area contributed by atoms with Crippen molar-refractivity contribution >= 4 is 11.4 Å². The monoisotopic (exact) mass is 270 g/mol. The maximum absolute atomic E-state index is 11.0. The largest absolute Gasteiger partial charge is 0.379 e. The van der Waals surface area contributed by atoms with Gasteiger partial charge in [-0.25, -0.2) is 0 Å². The molecular weight excluding hydrogens is 252 g/mol. The molecule has 20 heavy (non-hydrogen) atoms. The van der Waals surface area contributed by atoms with E-state index in [1.54, 1.807) is 19.1 Å². The highest BCUT2D eigenvalue weighted by molar-refractivity contribution is 5.49. The van der Waals surface area contributed by atoms with Crippen LogP contribution >= 0.6 is 0 Å². The van der Waals surface area contributed by atoms with Crippen molar-refractivity contribution in [2.45, 2.75) is 26.8 Å². The van der Waals surface area contributed by atoms with Gasteiger partial charge in [0.1, 0.15) is 0 Å². The molecule has 0 amide bonds. The number of nitrogens with one attached hydrogen (secondary N) is 1. The molecule has 0 radical (unpaired) electrons. The van der Waals surface area contributed by atoms with Gasteiger partial charge in [-0.1, -0.05) is 24.3 Å². The van der Waals surface area contributed by atoms with Gasteiger partial charge in [0.15, 0.2) is 0 Å². The van der Waals surface area contributed by atoms with Gasteiger partial charge in [-0.15, -0.1) is 0 Å². The van der Waals surface area contributed by atoms with Crippen molar-refractivity contribution in [2.24, 2.45) is 0 Å². The second-order valence-electron chi connectivity index (χ2n) is 5.04. The summed E-state index contributed by atoms with van der Waals surface area (Å²) >= 11 is 0. The fourth-order valence-corrected chi connectivity index (χ4v) is 2.16. The van der Waals surface area contributed by atoms with Crippen molar-refractivity contribution in [3.8, 4) is 0 Å². The van der Waals surface area contributed by atoms with Crippen LogP contribution in [0.1, 0.15) is 29.7 Å². The van der Waals surface area contributed by atoms with E-state index in [4.69, 9.17) is 0 Å². The maximum atomic E-state index is 11.0. The number of nitrogens with zero attached hydrogens (tertiary/aromatic N) is 1. The zero-order valence-electron chi connectivity index (χ0n) is 11.9. The molecule has 0 fully saturated rings. The van der Waals surface area contributed by atoms with E-state index in [-0.39, 0.29) is 16.7 Å². The standard InChI is InChI=1S/C16H18N2O2/c1-11-5-4-6-15(9-11)17-13(3)14-8-7-12(2)16(10-14)18(19)20/h4-10,13,17H,1-3H3. The van der Waals surface area contributed by atoms with Crippen LogP contribution in [0.25, 0.3) is 0 Å². The van der Waals surface area contributed by atoms with Crippen LogP contribution in [0, 0.1) is 24.0 Å². The van der Waals surface area contributed by atoms with Crippen LogP contribution in [-0.4, -0.2) is 4.92 Å². The van der Waals surface area contributed by atoms with Crippen molar-refractivity contribution in [2.75, 3.05) is 5.32 Å². The normalized spacial score (nSPS) is 11.9. The van der Waals surface area contributed by atoms with E-state index in [1.165, 1.54) is 5.56 Å². The van der Waals surface area contributed by atoms with Gasteiger partial charge in [-0.2, -0.15) is 0 Å². The predicted molar refractivity (Wildman–Crippen MR) is 81.1 cm³/mol. The summed E-state index contributed by atoms with van der Waals surface area (Å²) in [5.74, 6) is 0. The number of rotatable bonds is 4. The summed E-state index contributed by atoms with van der Waals surface area (Å²) in [6, 6.07) is 13.4. The summed E-state index contributed by atoms with van der Waals surface area (Å²) in [5, 5.41) is 14.3. The second-order valence-corrected chi connectivity index (χ2v) is 5.04. The summed E-state index contributed by atoms with van der Waals surface area (Å²) in [5.41, 5.74) is 3.95. The molecule has 104 valence electrons. The molecule has 0 heterocycles. The van der Waals surface area contributed by atoms with Crippen molar-refractivity contribution in [3.05, 3.63) is 69.3 Å². The molecule has 1 unspecified atom stereocenters. The van der Waals surface area contributed by atoms with Gasteiger partial charge in [-0.3, -0.25) is 10.1 Å².